The summed E-state index contributed by atoms with van der Waals surface area (Å²) in [5.74, 6) is -0.0373. The van der Waals surface area contributed by atoms with Crippen molar-refractivity contribution in [1.29, 1.82) is 0 Å². The first-order valence-electron chi connectivity index (χ1n) is 7.84. The van der Waals surface area contributed by atoms with E-state index in [2.05, 4.69) is 45.1 Å². The molecule has 0 saturated heterocycles. The highest BCUT2D eigenvalue weighted by molar-refractivity contribution is 5.81. The van der Waals surface area contributed by atoms with Crippen LogP contribution >= 0.6 is 0 Å². The summed E-state index contributed by atoms with van der Waals surface area (Å²) in [4.78, 5) is 12.2. The van der Waals surface area contributed by atoms with Crippen molar-refractivity contribution in [3.8, 4) is 0 Å². The lowest BCUT2D eigenvalue weighted by Gasteiger charge is -2.28. The molecule has 0 aliphatic rings. The number of carbonyl (C=O) groups excluding carboxylic acids is 1. The van der Waals surface area contributed by atoms with E-state index in [0.29, 0.717) is 6.61 Å². The van der Waals surface area contributed by atoms with E-state index >= 15 is 0 Å². The normalized spacial score (nSPS) is 13.0. The lowest BCUT2D eigenvalue weighted by atomic mass is 9.92. The summed E-state index contributed by atoms with van der Waals surface area (Å²) < 4.78 is 5.55. The SMILES string of the molecule is CCCCOC(C)C(=O)NC(C)(C)Cc1ccccc1C. The Morgan fingerprint density at radius 2 is 2.00 bits per heavy atom. The Morgan fingerprint density at radius 1 is 1.33 bits per heavy atom. The zero-order chi connectivity index (χ0) is 15.9. The maximum atomic E-state index is 12.2. The molecule has 118 valence electrons. The van der Waals surface area contributed by atoms with Crippen LogP contribution in [0.15, 0.2) is 24.3 Å². The highest BCUT2D eigenvalue weighted by Gasteiger charge is 2.24. The largest absolute Gasteiger partial charge is 0.369 e. The number of aryl methyl sites for hydroxylation is 1. The lowest BCUT2D eigenvalue weighted by molar-refractivity contribution is -0.133. The van der Waals surface area contributed by atoms with Crippen LogP contribution < -0.4 is 5.32 Å². The van der Waals surface area contributed by atoms with Crippen molar-refractivity contribution in [3.63, 3.8) is 0 Å². The standard InChI is InChI=1S/C18H29NO2/c1-6-7-12-21-15(3)17(20)19-18(4,5)13-16-11-9-8-10-14(16)2/h8-11,15H,6-7,12-13H2,1-5H3,(H,19,20). The molecule has 1 N–H and O–H groups in total. The summed E-state index contributed by atoms with van der Waals surface area (Å²) in [5.41, 5.74) is 2.24. The van der Waals surface area contributed by atoms with Gasteiger partial charge in [0.2, 0.25) is 5.91 Å². The molecule has 0 bridgehead atoms. The quantitative estimate of drug-likeness (QED) is 0.743. The van der Waals surface area contributed by atoms with Gasteiger partial charge in [0, 0.05) is 12.1 Å². The van der Waals surface area contributed by atoms with E-state index in [4.69, 9.17) is 4.74 Å². The highest BCUT2D eigenvalue weighted by atomic mass is 16.5. The van der Waals surface area contributed by atoms with Crippen LogP contribution in [0.2, 0.25) is 0 Å². The fourth-order valence-corrected chi connectivity index (χ4v) is 2.24. The van der Waals surface area contributed by atoms with Gasteiger partial charge in [-0.1, -0.05) is 37.6 Å². The molecule has 21 heavy (non-hydrogen) atoms. The smallest absolute Gasteiger partial charge is 0.249 e. The molecule has 1 atom stereocenters. The van der Waals surface area contributed by atoms with E-state index in [1.807, 2.05) is 19.1 Å². The van der Waals surface area contributed by atoms with Crippen LogP contribution in [0, 0.1) is 6.92 Å². The molecule has 1 aromatic rings. The Morgan fingerprint density at radius 3 is 2.62 bits per heavy atom. The molecule has 3 nitrogen and oxygen atoms in total. The van der Waals surface area contributed by atoms with Gasteiger partial charge in [0.05, 0.1) is 0 Å². The molecule has 1 unspecified atom stereocenters. The van der Waals surface area contributed by atoms with Crippen molar-refractivity contribution in [3.05, 3.63) is 35.4 Å². The van der Waals surface area contributed by atoms with Crippen molar-refractivity contribution in [1.82, 2.24) is 5.32 Å². The molecule has 1 rings (SSSR count). The van der Waals surface area contributed by atoms with Crippen LogP contribution in [0.4, 0.5) is 0 Å². The van der Waals surface area contributed by atoms with Crippen LogP contribution in [0.1, 0.15) is 51.7 Å². The second kappa shape index (κ2) is 8.18. The molecular formula is C18H29NO2. The molecule has 0 aliphatic carbocycles. The van der Waals surface area contributed by atoms with E-state index in [-0.39, 0.29) is 11.4 Å². The molecule has 0 radical (unpaired) electrons. The third-order valence-electron chi connectivity index (χ3n) is 3.59. The number of hydrogen-bond donors (Lipinski definition) is 1. The van der Waals surface area contributed by atoms with E-state index in [1.54, 1.807) is 0 Å². The van der Waals surface area contributed by atoms with Gasteiger partial charge >= 0.3 is 0 Å². The third-order valence-corrected chi connectivity index (χ3v) is 3.59. The van der Waals surface area contributed by atoms with Gasteiger partial charge in [-0.2, -0.15) is 0 Å². The van der Waals surface area contributed by atoms with E-state index < -0.39 is 6.10 Å². The van der Waals surface area contributed by atoms with Gasteiger partial charge in [-0.05, 0) is 51.7 Å². The van der Waals surface area contributed by atoms with Gasteiger partial charge in [0.1, 0.15) is 6.10 Å². The predicted molar refractivity (Wildman–Crippen MR) is 87.4 cm³/mol. The van der Waals surface area contributed by atoms with E-state index in [9.17, 15) is 4.79 Å². The topological polar surface area (TPSA) is 38.3 Å². The monoisotopic (exact) mass is 291 g/mol. The van der Waals surface area contributed by atoms with Gasteiger partial charge in [-0.25, -0.2) is 0 Å². The molecule has 3 heteroatoms. The molecule has 0 heterocycles. The fraction of sp³-hybridized carbons (Fsp3) is 0.611. The summed E-state index contributed by atoms with van der Waals surface area (Å²) in [6.45, 7) is 10.8. The molecule has 0 aliphatic heterocycles. The number of carbonyl (C=O) groups is 1. The number of rotatable bonds is 8. The summed E-state index contributed by atoms with van der Waals surface area (Å²) in [7, 11) is 0. The van der Waals surface area contributed by atoms with Crippen LogP contribution in [-0.4, -0.2) is 24.2 Å². The molecular weight excluding hydrogens is 262 g/mol. The minimum Gasteiger partial charge on any atom is -0.369 e. The van der Waals surface area contributed by atoms with Gasteiger partial charge < -0.3 is 10.1 Å². The summed E-state index contributed by atoms with van der Waals surface area (Å²) in [6, 6.07) is 8.29. The van der Waals surface area contributed by atoms with Crippen molar-refractivity contribution >= 4 is 5.91 Å². The molecule has 0 aromatic heterocycles. The molecule has 0 spiro atoms. The fourth-order valence-electron chi connectivity index (χ4n) is 2.24. The van der Waals surface area contributed by atoms with Gasteiger partial charge in [-0.15, -0.1) is 0 Å². The number of benzene rings is 1. The summed E-state index contributed by atoms with van der Waals surface area (Å²) in [5, 5.41) is 3.09. The number of ether oxygens (including phenoxy) is 1. The van der Waals surface area contributed by atoms with Crippen molar-refractivity contribution in [2.24, 2.45) is 0 Å². The minimum absolute atomic E-state index is 0.0373. The molecule has 0 fully saturated rings. The van der Waals surface area contributed by atoms with Gasteiger partial charge in [0.15, 0.2) is 0 Å². The van der Waals surface area contributed by atoms with E-state index in [0.717, 1.165) is 19.3 Å². The number of amides is 1. The zero-order valence-electron chi connectivity index (χ0n) is 14.0. The average Bonchev–Trinajstić information content (AvgIpc) is 2.40. The Labute approximate surface area is 129 Å². The first-order chi connectivity index (χ1) is 9.85. The highest BCUT2D eigenvalue weighted by Crippen LogP contribution is 2.16. The second-order valence-corrected chi connectivity index (χ2v) is 6.34. The van der Waals surface area contributed by atoms with Crippen molar-refractivity contribution < 1.29 is 9.53 Å². The van der Waals surface area contributed by atoms with Crippen LogP contribution in [0.5, 0.6) is 0 Å². The van der Waals surface area contributed by atoms with Gasteiger partial charge in [-0.3, -0.25) is 4.79 Å². The minimum atomic E-state index is -0.396. The Bertz CT molecular complexity index is 454. The lowest BCUT2D eigenvalue weighted by Crippen LogP contribution is -2.49. The second-order valence-electron chi connectivity index (χ2n) is 6.34. The Hall–Kier alpha value is -1.35. The van der Waals surface area contributed by atoms with Crippen LogP contribution in [0.3, 0.4) is 0 Å². The first-order valence-corrected chi connectivity index (χ1v) is 7.84. The summed E-state index contributed by atoms with van der Waals surface area (Å²) in [6.07, 6.45) is 2.48. The Kier molecular flexibility index (Phi) is 6.90. The number of unbranched alkanes of at least 4 members (excludes halogenated alkanes) is 1. The maximum absolute atomic E-state index is 12.2. The van der Waals surface area contributed by atoms with Crippen LogP contribution in [-0.2, 0) is 16.0 Å². The zero-order valence-corrected chi connectivity index (χ0v) is 14.0. The van der Waals surface area contributed by atoms with Crippen LogP contribution in [0.25, 0.3) is 0 Å². The maximum Gasteiger partial charge on any atom is 0.249 e. The summed E-state index contributed by atoms with van der Waals surface area (Å²) >= 11 is 0. The molecule has 1 aromatic carbocycles. The first kappa shape index (κ1) is 17.7. The van der Waals surface area contributed by atoms with E-state index in [1.165, 1.54) is 11.1 Å². The predicted octanol–water partition coefficient (Wildman–Crippen LogP) is 3.64. The molecule has 0 saturated carbocycles. The third kappa shape index (κ3) is 6.30. The average molecular weight is 291 g/mol. The van der Waals surface area contributed by atoms with Gasteiger partial charge in [0.25, 0.3) is 0 Å². The molecule has 1 amide bonds. The number of hydrogen-bond acceptors (Lipinski definition) is 2. The van der Waals surface area contributed by atoms with Crippen molar-refractivity contribution in [2.75, 3.05) is 6.61 Å². The Balaban J connectivity index is 2.55. The number of nitrogens with one attached hydrogen (secondary N) is 1. The van der Waals surface area contributed by atoms with Crippen molar-refractivity contribution in [2.45, 2.75) is 65.5 Å².